The van der Waals surface area contributed by atoms with Crippen molar-refractivity contribution in [3.05, 3.63) is 88.9 Å². The number of carbonyl (C=O) groups is 1. The van der Waals surface area contributed by atoms with Crippen molar-refractivity contribution in [2.45, 2.75) is 38.1 Å². The molecule has 0 spiro atoms. The van der Waals surface area contributed by atoms with Gasteiger partial charge in [-0.3, -0.25) is 9.10 Å². The first-order valence-corrected chi connectivity index (χ1v) is 13.0. The molecule has 1 N–H and O–H groups in total. The lowest BCUT2D eigenvalue weighted by molar-refractivity contribution is -0.120. The van der Waals surface area contributed by atoms with Crippen molar-refractivity contribution in [1.82, 2.24) is 5.32 Å². The van der Waals surface area contributed by atoms with E-state index in [-0.39, 0.29) is 16.6 Å². The lowest BCUT2D eigenvalue weighted by Gasteiger charge is -2.26. The predicted molar refractivity (Wildman–Crippen MR) is 136 cm³/mol. The highest BCUT2D eigenvalue weighted by Gasteiger charge is 2.29. The van der Waals surface area contributed by atoms with E-state index in [2.05, 4.69) is 12.2 Å². The van der Waals surface area contributed by atoms with Crippen LogP contribution in [0.5, 0.6) is 5.75 Å². The van der Waals surface area contributed by atoms with Gasteiger partial charge in [-0.05, 0) is 67.8 Å². The van der Waals surface area contributed by atoms with E-state index in [1.165, 1.54) is 29.8 Å². The van der Waals surface area contributed by atoms with Gasteiger partial charge in [-0.1, -0.05) is 54.9 Å². The topological polar surface area (TPSA) is 75.7 Å². The van der Waals surface area contributed by atoms with Crippen LogP contribution in [0.25, 0.3) is 0 Å². The molecule has 8 heteroatoms. The first-order chi connectivity index (χ1) is 16.3. The Morgan fingerprint density at radius 1 is 1.00 bits per heavy atom. The molecule has 0 aliphatic heterocycles. The Hall–Kier alpha value is -3.03. The molecule has 0 bridgehead atoms. The van der Waals surface area contributed by atoms with Crippen molar-refractivity contribution in [1.29, 1.82) is 0 Å². The molecule has 1 unspecified atom stereocenters. The quantitative estimate of drug-likeness (QED) is 0.406. The fraction of sp³-hybridized carbons (Fsp3) is 0.269. The van der Waals surface area contributed by atoms with Crippen LogP contribution >= 0.6 is 11.6 Å². The first kappa shape index (κ1) is 25.6. The predicted octanol–water partition coefficient (Wildman–Crippen LogP) is 5.37. The molecule has 34 heavy (non-hydrogen) atoms. The van der Waals surface area contributed by atoms with Gasteiger partial charge in [0, 0.05) is 5.02 Å². The highest BCUT2D eigenvalue weighted by molar-refractivity contribution is 7.92. The largest absolute Gasteiger partial charge is 0.492 e. The average Bonchev–Trinajstić information content (AvgIpc) is 2.83. The van der Waals surface area contributed by atoms with E-state index in [1.54, 1.807) is 24.3 Å². The van der Waals surface area contributed by atoms with E-state index in [9.17, 15) is 13.2 Å². The molecule has 0 aliphatic rings. The summed E-state index contributed by atoms with van der Waals surface area (Å²) < 4.78 is 34.0. The molecular formula is C26H29ClN2O4S. The SMILES string of the molecule is CCOc1ccccc1N(CC(=O)NC(C)c1ccc(CC)cc1)S(=O)(=O)c1ccc(Cl)cc1. The van der Waals surface area contributed by atoms with Crippen LogP contribution in [-0.4, -0.2) is 27.5 Å². The number of nitrogens with one attached hydrogen (secondary N) is 1. The number of rotatable bonds is 10. The number of sulfonamides is 1. The lowest BCUT2D eigenvalue weighted by Crippen LogP contribution is -2.41. The van der Waals surface area contributed by atoms with Crippen LogP contribution in [0.4, 0.5) is 5.69 Å². The normalized spacial score (nSPS) is 12.1. The minimum Gasteiger partial charge on any atom is -0.492 e. The summed E-state index contributed by atoms with van der Waals surface area (Å²) in [4.78, 5) is 13.1. The third-order valence-corrected chi connectivity index (χ3v) is 7.41. The van der Waals surface area contributed by atoms with Crippen LogP contribution in [0.1, 0.15) is 37.9 Å². The zero-order valence-corrected chi connectivity index (χ0v) is 21.1. The number of carbonyl (C=O) groups excluding carboxylic acids is 1. The van der Waals surface area contributed by atoms with E-state index in [1.807, 2.05) is 38.1 Å². The standard InChI is InChI=1S/C26H29ClN2O4S/c1-4-20-10-12-21(13-11-20)19(3)28-26(30)18-29(24-8-6-7-9-25(24)33-5-2)34(31,32)23-16-14-22(27)15-17-23/h6-17,19H,4-5,18H2,1-3H3,(H,28,30). The fourth-order valence-electron chi connectivity index (χ4n) is 3.52. The molecule has 3 aromatic rings. The number of para-hydroxylation sites is 2. The van der Waals surface area contributed by atoms with Gasteiger partial charge in [0.05, 0.1) is 23.2 Å². The van der Waals surface area contributed by atoms with E-state index in [0.717, 1.165) is 16.3 Å². The second kappa shape index (κ2) is 11.4. The van der Waals surface area contributed by atoms with Crippen molar-refractivity contribution in [3.8, 4) is 5.75 Å². The van der Waals surface area contributed by atoms with Crippen LogP contribution in [-0.2, 0) is 21.2 Å². The third-order valence-electron chi connectivity index (χ3n) is 5.39. The number of nitrogens with zero attached hydrogens (tertiary/aromatic N) is 1. The van der Waals surface area contributed by atoms with E-state index >= 15 is 0 Å². The van der Waals surface area contributed by atoms with Crippen molar-refractivity contribution in [2.24, 2.45) is 0 Å². The smallest absolute Gasteiger partial charge is 0.264 e. The van der Waals surface area contributed by atoms with E-state index in [4.69, 9.17) is 16.3 Å². The van der Waals surface area contributed by atoms with Crippen molar-refractivity contribution < 1.29 is 17.9 Å². The first-order valence-electron chi connectivity index (χ1n) is 11.1. The minimum atomic E-state index is -4.08. The summed E-state index contributed by atoms with van der Waals surface area (Å²) in [6.45, 7) is 5.70. The van der Waals surface area contributed by atoms with Gasteiger partial charge in [-0.2, -0.15) is 0 Å². The van der Waals surface area contributed by atoms with Gasteiger partial charge in [-0.25, -0.2) is 8.42 Å². The lowest BCUT2D eigenvalue weighted by atomic mass is 10.1. The molecule has 1 amide bonds. The average molecular weight is 501 g/mol. The molecule has 0 radical (unpaired) electrons. The second-order valence-electron chi connectivity index (χ2n) is 7.75. The second-order valence-corrected chi connectivity index (χ2v) is 10.0. The summed E-state index contributed by atoms with van der Waals surface area (Å²) >= 11 is 5.95. The van der Waals surface area contributed by atoms with Gasteiger partial charge < -0.3 is 10.1 Å². The molecule has 3 aromatic carbocycles. The Kier molecular flexibility index (Phi) is 8.58. The van der Waals surface area contributed by atoms with Crippen LogP contribution in [0.15, 0.2) is 77.7 Å². The number of hydrogen-bond donors (Lipinski definition) is 1. The highest BCUT2D eigenvalue weighted by Crippen LogP contribution is 2.32. The third kappa shape index (κ3) is 6.10. The summed E-state index contributed by atoms with van der Waals surface area (Å²) in [5.74, 6) is -0.0607. The fourth-order valence-corrected chi connectivity index (χ4v) is 5.07. The van der Waals surface area contributed by atoms with Crippen molar-refractivity contribution in [3.63, 3.8) is 0 Å². The van der Waals surface area contributed by atoms with Crippen LogP contribution < -0.4 is 14.4 Å². The van der Waals surface area contributed by atoms with Crippen molar-refractivity contribution >= 4 is 33.2 Å². The summed E-state index contributed by atoms with van der Waals surface area (Å²) in [6, 6.07) is 20.3. The van der Waals surface area contributed by atoms with Gasteiger partial charge >= 0.3 is 0 Å². The Morgan fingerprint density at radius 3 is 2.26 bits per heavy atom. The van der Waals surface area contributed by atoms with Crippen LogP contribution in [0.3, 0.4) is 0 Å². The van der Waals surface area contributed by atoms with Gasteiger partial charge in [0.25, 0.3) is 10.0 Å². The Labute approximate surface area is 206 Å². The van der Waals surface area contributed by atoms with Crippen molar-refractivity contribution in [2.75, 3.05) is 17.5 Å². The maximum Gasteiger partial charge on any atom is 0.264 e. The number of ether oxygens (including phenoxy) is 1. The Morgan fingerprint density at radius 2 is 1.65 bits per heavy atom. The van der Waals surface area contributed by atoms with Gasteiger partial charge in [0.2, 0.25) is 5.91 Å². The molecule has 0 aromatic heterocycles. The number of anilines is 1. The van der Waals surface area contributed by atoms with E-state index in [0.29, 0.717) is 17.4 Å². The van der Waals surface area contributed by atoms with Gasteiger partial charge in [-0.15, -0.1) is 0 Å². The van der Waals surface area contributed by atoms with Crippen LogP contribution in [0.2, 0.25) is 5.02 Å². The molecule has 0 aliphatic carbocycles. The summed E-state index contributed by atoms with van der Waals surface area (Å²) in [6.07, 6.45) is 0.928. The number of benzene rings is 3. The molecule has 0 saturated heterocycles. The Balaban J connectivity index is 1.92. The molecule has 180 valence electrons. The number of aryl methyl sites for hydroxylation is 1. The summed E-state index contributed by atoms with van der Waals surface area (Å²) in [7, 11) is -4.08. The maximum atomic E-state index is 13.6. The molecule has 6 nitrogen and oxygen atoms in total. The molecule has 1 atom stereocenters. The Bertz CT molecular complexity index is 1210. The zero-order chi connectivity index (χ0) is 24.7. The monoisotopic (exact) mass is 500 g/mol. The molecule has 3 rings (SSSR count). The summed E-state index contributed by atoms with van der Waals surface area (Å²) in [5.41, 5.74) is 2.43. The molecule has 0 fully saturated rings. The molecule has 0 heterocycles. The molecule has 0 saturated carbocycles. The number of amides is 1. The minimum absolute atomic E-state index is 0.0270. The van der Waals surface area contributed by atoms with Gasteiger partial charge in [0.15, 0.2) is 0 Å². The summed E-state index contributed by atoms with van der Waals surface area (Å²) in [5, 5.41) is 3.33. The number of halogens is 1. The molecular weight excluding hydrogens is 472 g/mol. The van der Waals surface area contributed by atoms with E-state index < -0.39 is 22.5 Å². The van der Waals surface area contributed by atoms with Crippen LogP contribution in [0, 0.1) is 0 Å². The highest BCUT2D eigenvalue weighted by atomic mass is 35.5. The zero-order valence-electron chi connectivity index (χ0n) is 19.5. The maximum absolute atomic E-state index is 13.6. The number of hydrogen-bond acceptors (Lipinski definition) is 4. The van der Waals surface area contributed by atoms with Gasteiger partial charge in [0.1, 0.15) is 12.3 Å².